The molecule has 0 aliphatic heterocycles. The first-order valence-electron chi connectivity index (χ1n) is 17.6. The van der Waals surface area contributed by atoms with Gasteiger partial charge in [0.1, 0.15) is 13.2 Å². The van der Waals surface area contributed by atoms with Crippen molar-refractivity contribution in [2.24, 2.45) is 0 Å². The molecule has 0 radical (unpaired) electrons. The van der Waals surface area contributed by atoms with Crippen molar-refractivity contribution in [2.45, 2.75) is 20.0 Å². The van der Waals surface area contributed by atoms with Gasteiger partial charge in [-0.2, -0.15) is 0 Å². The predicted molar refractivity (Wildman–Crippen MR) is 182 cm³/mol. The Bertz CT molecular complexity index is 723. The van der Waals surface area contributed by atoms with Gasteiger partial charge in [0, 0.05) is 6.54 Å². The Morgan fingerprint density at radius 2 is 0.647 bits per heavy atom. The monoisotopic (exact) mass is 747 g/mol. The molecule has 0 bridgehead atoms. The quantitative estimate of drug-likeness (QED) is 0.0779. The highest BCUT2D eigenvalue weighted by molar-refractivity contribution is 5.77. The molecule has 0 aromatic heterocycles. The second kappa shape index (κ2) is 42.8. The molecule has 0 atom stereocenters. The summed E-state index contributed by atoms with van der Waals surface area (Å²) in [5.74, 6) is -1.52. The fourth-order valence-corrected chi connectivity index (χ4v) is 3.41. The van der Waals surface area contributed by atoms with Gasteiger partial charge < -0.3 is 76.7 Å². The summed E-state index contributed by atoms with van der Waals surface area (Å²) in [6, 6.07) is 0. The van der Waals surface area contributed by atoms with E-state index in [2.05, 4.69) is 10.1 Å². The van der Waals surface area contributed by atoms with Gasteiger partial charge in [-0.1, -0.05) is 0 Å². The zero-order valence-electron chi connectivity index (χ0n) is 30.9. The SMILES string of the molecule is CC(C)OCCOCCOCCOCCOCCOCCOCCOCCOCCOCCOCCOCCOCCNC(=O)COCC(=O)O. The molecule has 51 heavy (non-hydrogen) atoms. The minimum absolute atomic E-state index is 0.223. The third kappa shape index (κ3) is 46.4. The van der Waals surface area contributed by atoms with E-state index in [1.807, 2.05) is 13.8 Å². The Balaban J connectivity index is 3.09. The minimum Gasteiger partial charge on any atom is -0.480 e. The number of ether oxygens (including phenoxy) is 14. The van der Waals surface area contributed by atoms with Crippen LogP contribution in [0.5, 0.6) is 0 Å². The van der Waals surface area contributed by atoms with Gasteiger partial charge in [0.05, 0.1) is 171 Å². The standard InChI is InChI=1S/C33H65NO17/c1-31(2)51-28-27-49-26-25-48-24-23-47-22-21-46-20-19-45-18-17-44-16-15-43-14-13-42-12-11-41-10-9-40-8-7-39-6-5-38-4-3-34-32(35)29-50-30-33(36)37/h31H,3-30H2,1-2H3,(H,34,35)(H,36,37). The molecule has 0 aromatic rings. The summed E-state index contributed by atoms with van der Waals surface area (Å²) >= 11 is 0. The van der Waals surface area contributed by atoms with Crippen molar-refractivity contribution in [3.63, 3.8) is 0 Å². The zero-order chi connectivity index (χ0) is 37.1. The normalized spacial score (nSPS) is 11.5. The van der Waals surface area contributed by atoms with Crippen LogP contribution in [-0.4, -0.2) is 208 Å². The van der Waals surface area contributed by atoms with Gasteiger partial charge >= 0.3 is 5.97 Å². The van der Waals surface area contributed by atoms with Crippen molar-refractivity contribution < 1.29 is 81.0 Å². The van der Waals surface area contributed by atoms with Crippen LogP contribution in [0.3, 0.4) is 0 Å². The molecule has 18 nitrogen and oxygen atoms in total. The van der Waals surface area contributed by atoms with Gasteiger partial charge in [0.2, 0.25) is 5.91 Å². The average Bonchev–Trinajstić information content (AvgIpc) is 3.10. The lowest BCUT2D eigenvalue weighted by Gasteiger charge is -2.09. The zero-order valence-corrected chi connectivity index (χ0v) is 30.9. The number of aliphatic carboxylic acids is 1. The number of carboxylic acid groups (broad SMARTS) is 1. The maximum atomic E-state index is 11.4. The Kier molecular flexibility index (Phi) is 41.4. The highest BCUT2D eigenvalue weighted by atomic mass is 16.6. The lowest BCUT2D eigenvalue weighted by Crippen LogP contribution is -2.31. The fraction of sp³-hybridized carbons (Fsp3) is 0.939. The summed E-state index contributed by atoms with van der Waals surface area (Å²) in [4.78, 5) is 21.7. The molecule has 1 amide bonds. The first-order valence-corrected chi connectivity index (χ1v) is 17.6. The van der Waals surface area contributed by atoms with Crippen molar-refractivity contribution >= 4 is 11.9 Å². The van der Waals surface area contributed by atoms with Crippen molar-refractivity contribution in [2.75, 3.05) is 185 Å². The van der Waals surface area contributed by atoms with Gasteiger partial charge in [-0.15, -0.1) is 0 Å². The molecule has 0 fully saturated rings. The molecule has 0 aliphatic rings. The second-order valence-electron chi connectivity index (χ2n) is 10.5. The number of carbonyl (C=O) groups excluding carboxylic acids is 1. The summed E-state index contributed by atoms with van der Waals surface area (Å²) in [5.41, 5.74) is 0. The second-order valence-corrected chi connectivity index (χ2v) is 10.5. The number of carboxylic acids is 1. The molecular formula is C33H65NO17. The van der Waals surface area contributed by atoms with Crippen molar-refractivity contribution in [3.05, 3.63) is 0 Å². The van der Waals surface area contributed by atoms with Gasteiger partial charge in [-0.05, 0) is 13.8 Å². The smallest absolute Gasteiger partial charge is 0.329 e. The highest BCUT2D eigenvalue weighted by Crippen LogP contribution is 1.89. The van der Waals surface area contributed by atoms with Crippen LogP contribution >= 0.6 is 0 Å². The van der Waals surface area contributed by atoms with E-state index in [4.69, 9.17) is 66.7 Å². The highest BCUT2D eigenvalue weighted by Gasteiger charge is 2.03. The Morgan fingerprint density at radius 3 is 0.902 bits per heavy atom. The maximum Gasteiger partial charge on any atom is 0.329 e. The molecule has 2 N–H and O–H groups in total. The van der Waals surface area contributed by atoms with Gasteiger partial charge in [0.25, 0.3) is 0 Å². The van der Waals surface area contributed by atoms with Crippen LogP contribution in [-0.2, 0) is 75.9 Å². The van der Waals surface area contributed by atoms with Gasteiger partial charge in [-0.25, -0.2) is 4.79 Å². The molecule has 0 spiro atoms. The largest absolute Gasteiger partial charge is 0.480 e. The van der Waals surface area contributed by atoms with E-state index in [0.717, 1.165) is 0 Å². The van der Waals surface area contributed by atoms with E-state index in [9.17, 15) is 9.59 Å². The topological polar surface area (TPSA) is 196 Å². The van der Waals surface area contributed by atoms with Crippen LogP contribution in [0, 0.1) is 0 Å². The number of hydrogen-bond acceptors (Lipinski definition) is 16. The lowest BCUT2D eigenvalue weighted by molar-refractivity contribution is -0.143. The third-order valence-corrected chi connectivity index (χ3v) is 5.80. The van der Waals surface area contributed by atoms with Crippen LogP contribution in [0.2, 0.25) is 0 Å². The summed E-state index contributed by atoms with van der Waals surface area (Å²) in [6.07, 6.45) is 0.223. The van der Waals surface area contributed by atoms with Crippen LogP contribution < -0.4 is 5.32 Å². The molecule has 18 heteroatoms. The summed E-state index contributed by atoms with van der Waals surface area (Å²) in [5, 5.41) is 11.0. The van der Waals surface area contributed by atoms with E-state index >= 15 is 0 Å². The Labute approximate surface area is 303 Å². The summed E-state index contributed by atoms with van der Waals surface area (Å²) in [6.45, 7) is 15.5. The number of carbonyl (C=O) groups is 2. The molecule has 0 saturated carbocycles. The number of nitrogens with one attached hydrogen (secondary N) is 1. The minimum atomic E-state index is -1.12. The molecule has 0 heterocycles. The first kappa shape index (κ1) is 49.4. The predicted octanol–water partition coefficient (Wildman–Crippen LogP) is -0.172. The number of rotatable bonds is 44. The molecule has 304 valence electrons. The molecule has 0 aliphatic carbocycles. The molecule has 0 aromatic carbocycles. The first-order chi connectivity index (χ1) is 25.0. The Hall–Kier alpha value is -1.62. The van der Waals surface area contributed by atoms with Crippen molar-refractivity contribution in [1.29, 1.82) is 0 Å². The third-order valence-electron chi connectivity index (χ3n) is 5.80. The van der Waals surface area contributed by atoms with Crippen LogP contribution in [0.25, 0.3) is 0 Å². The van der Waals surface area contributed by atoms with Gasteiger partial charge in [-0.3, -0.25) is 4.79 Å². The summed E-state index contributed by atoms with van der Waals surface area (Å²) < 4.78 is 75.3. The molecule has 0 unspecified atom stereocenters. The number of amides is 1. The van der Waals surface area contributed by atoms with Crippen molar-refractivity contribution in [1.82, 2.24) is 5.32 Å². The van der Waals surface area contributed by atoms with E-state index in [0.29, 0.717) is 172 Å². The molecular weight excluding hydrogens is 682 g/mol. The van der Waals surface area contributed by atoms with Crippen LogP contribution in [0.1, 0.15) is 13.8 Å². The van der Waals surface area contributed by atoms with Gasteiger partial charge in [0.15, 0.2) is 0 Å². The summed E-state index contributed by atoms with van der Waals surface area (Å²) in [7, 11) is 0. The maximum absolute atomic E-state index is 11.4. The fourth-order valence-electron chi connectivity index (χ4n) is 3.41. The van der Waals surface area contributed by atoms with Crippen LogP contribution in [0.4, 0.5) is 0 Å². The van der Waals surface area contributed by atoms with Crippen molar-refractivity contribution in [3.8, 4) is 0 Å². The molecule has 0 saturated heterocycles. The van der Waals surface area contributed by atoms with E-state index < -0.39 is 18.5 Å². The van der Waals surface area contributed by atoms with E-state index in [1.165, 1.54) is 0 Å². The lowest BCUT2D eigenvalue weighted by atomic mass is 10.5. The van der Waals surface area contributed by atoms with E-state index in [-0.39, 0.29) is 12.7 Å². The molecule has 0 rings (SSSR count). The average molecular weight is 748 g/mol. The van der Waals surface area contributed by atoms with E-state index in [1.54, 1.807) is 0 Å². The Morgan fingerprint density at radius 1 is 0.392 bits per heavy atom. The number of hydrogen-bond donors (Lipinski definition) is 2. The van der Waals surface area contributed by atoms with Crippen LogP contribution in [0.15, 0.2) is 0 Å².